The Labute approximate surface area is 136 Å². The molecule has 2 rings (SSSR count). The van der Waals surface area contributed by atoms with Crippen molar-refractivity contribution in [3.63, 3.8) is 0 Å². The summed E-state index contributed by atoms with van der Waals surface area (Å²) in [4.78, 5) is 4.13. The van der Waals surface area contributed by atoms with E-state index < -0.39 is 6.79 Å². The number of halogens is 1. The van der Waals surface area contributed by atoms with Gasteiger partial charge in [0.05, 0.1) is 5.69 Å². The molecule has 126 valence electrons. The van der Waals surface area contributed by atoms with Crippen LogP contribution in [0.15, 0.2) is 48.7 Å². The Bertz CT molecular complexity index is 559. The Morgan fingerprint density at radius 2 is 1.87 bits per heavy atom. The largest absolute Gasteiger partial charge is 0.487 e. The van der Waals surface area contributed by atoms with E-state index in [1.807, 2.05) is 39.0 Å². The topological polar surface area (TPSA) is 62.6 Å². The molecule has 0 aliphatic rings. The van der Waals surface area contributed by atoms with Gasteiger partial charge in [0.15, 0.2) is 0 Å². The van der Waals surface area contributed by atoms with E-state index in [0.717, 1.165) is 5.69 Å². The van der Waals surface area contributed by atoms with Crippen molar-refractivity contribution in [3.8, 4) is 5.75 Å². The molecule has 0 saturated carbocycles. The smallest absolute Gasteiger partial charge is 0.140 e. The van der Waals surface area contributed by atoms with Gasteiger partial charge in [-0.15, -0.1) is 0 Å². The molecule has 2 aromatic rings. The molecule has 0 radical (unpaired) electrons. The van der Waals surface area contributed by atoms with Crippen molar-refractivity contribution in [2.24, 2.45) is 0 Å². The van der Waals surface area contributed by atoms with Gasteiger partial charge in [-0.05, 0) is 31.2 Å². The fourth-order valence-electron chi connectivity index (χ4n) is 1.55. The number of hydrogen-bond acceptors (Lipinski definition) is 4. The van der Waals surface area contributed by atoms with Gasteiger partial charge in [0, 0.05) is 17.8 Å². The lowest BCUT2D eigenvalue weighted by molar-refractivity contribution is 0.0773. The average molecular weight is 321 g/mol. The van der Waals surface area contributed by atoms with Crippen LogP contribution in [-0.2, 0) is 6.61 Å². The number of rotatable bonds is 4. The summed E-state index contributed by atoms with van der Waals surface area (Å²) in [7, 11) is 0. The molecule has 5 heteroatoms. The van der Waals surface area contributed by atoms with Crippen molar-refractivity contribution in [1.82, 2.24) is 4.98 Å². The highest BCUT2D eigenvalue weighted by atomic mass is 19.1. The minimum absolute atomic E-state index is 0.286. The van der Waals surface area contributed by atoms with Gasteiger partial charge in [0.2, 0.25) is 0 Å². The van der Waals surface area contributed by atoms with Crippen LogP contribution in [0.1, 0.15) is 32.0 Å². The molecule has 0 aliphatic carbocycles. The van der Waals surface area contributed by atoms with Gasteiger partial charge in [0.1, 0.15) is 25.0 Å². The minimum Gasteiger partial charge on any atom is -0.487 e. The van der Waals surface area contributed by atoms with E-state index in [0.29, 0.717) is 17.9 Å². The summed E-state index contributed by atoms with van der Waals surface area (Å²) in [6, 6.07) is 10.4. The van der Waals surface area contributed by atoms with Crippen molar-refractivity contribution in [3.05, 3.63) is 65.7 Å². The summed E-state index contributed by atoms with van der Waals surface area (Å²) >= 11 is 0. The zero-order chi connectivity index (χ0) is 17.5. The van der Waals surface area contributed by atoms with E-state index in [-0.39, 0.29) is 5.82 Å². The number of allylic oxidation sites excluding steroid dienone is 1. The second-order valence-electron chi connectivity index (χ2n) is 3.93. The van der Waals surface area contributed by atoms with Gasteiger partial charge >= 0.3 is 0 Å². The van der Waals surface area contributed by atoms with E-state index >= 15 is 0 Å². The van der Waals surface area contributed by atoms with Crippen LogP contribution in [0, 0.1) is 5.82 Å². The van der Waals surface area contributed by atoms with Gasteiger partial charge in [-0.1, -0.05) is 32.1 Å². The Balaban J connectivity index is 0.000000868. The van der Waals surface area contributed by atoms with Crippen LogP contribution in [0.2, 0.25) is 0 Å². The second-order valence-corrected chi connectivity index (χ2v) is 3.93. The Morgan fingerprint density at radius 1 is 1.17 bits per heavy atom. The van der Waals surface area contributed by atoms with Crippen LogP contribution in [0.4, 0.5) is 4.39 Å². The predicted molar refractivity (Wildman–Crippen MR) is 90.3 cm³/mol. The molecule has 2 N–H and O–H groups in total. The van der Waals surface area contributed by atoms with Crippen LogP contribution in [0.3, 0.4) is 0 Å². The maximum Gasteiger partial charge on any atom is 0.140 e. The highest BCUT2D eigenvalue weighted by Gasteiger charge is 2.02. The quantitative estimate of drug-likeness (QED) is 0.841. The number of aromatic nitrogens is 1. The van der Waals surface area contributed by atoms with E-state index in [2.05, 4.69) is 4.98 Å². The Morgan fingerprint density at radius 3 is 2.39 bits per heavy atom. The summed E-state index contributed by atoms with van der Waals surface area (Å²) in [5, 5.41) is 14.2. The first-order valence-corrected chi connectivity index (χ1v) is 7.38. The number of ether oxygens (including phenoxy) is 1. The van der Waals surface area contributed by atoms with Crippen LogP contribution in [0.5, 0.6) is 5.75 Å². The molecule has 0 unspecified atom stereocenters. The third kappa shape index (κ3) is 8.70. The molecule has 0 saturated heterocycles. The normalized spacial score (nSPS) is 9.48. The van der Waals surface area contributed by atoms with Gasteiger partial charge in [-0.3, -0.25) is 4.98 Å². The lowest BCUT2D eigenvalue weighted by Gasteiger charge is -2.06. The van der Waals surface area contributed by atoms with Crippen LogP contribution in [-0.4, -0.2) is 22.0 Å². The molecule has 0 atom stereocenters. The zero-order valence-corrected chi connectivity index (χ0v) is 13.7. The summed E-state index contributed by atoms with van der Waals surface area (Å²) in [6.07, 6.45) is 5.22. The fourth-order valence-corrected chi connectivity index (χ4v) is 1.55. The maximum atomic E-state index is 13.6. The number of nitrogens with zero attached hydrogens (tertiary/aromatic N) is 1. The van der Waals surface area contributed by atoms with Crippen molar-refractivity contribution in [1.29, 1.82) is 0 Å². The van der Waals surface area contributed by atoms with Crippen LogP contribution < -0.4 is 4.74 Å². The van der Waals surface area contributed by atoms with E-state index in [4.69, 9.17) is 14.9 Å². The molecule has 1 aromatic carbocycles. The molecule has 0 bridgehead atoms. The first-order chi connectivity index (χ1) is 11.2. The molecular formula is C18H24FNO3. The fraction of sp³-hybridized carbons (Fsp3) is 0.278. The van der Waals surface area contributed by atoms with Crippen molar-refractivity contribution in [2.75, 3.05) is 6.79 Å². The van der Waals surface area contributed by atoms with Crippen molar-refractivity contribution < 1.29 is 19.3 Å². The summed E-state index contributed by atoms with van der Waals surface area (Å²) in [5.74, 6) is 0.220. The number of benzene rings is 1. The van der Waals surface area contributed by atoms with E-state index in [1.165, 1.54) is 6.07 Å². The standard InChI is InChI=1S/C15H14FNO.C2H6.CH4O2/c1-2-5-12-7-8-14(10-15(12)16)18-11-13-6-3-4-9-17-13;1-2;2-1-3/h2-10H,11H2,1H3;1-2H3;2-3H,1H2/b5-2+;;. The maximum absolute atomic E-state index is 13.6. The molecule has 0 aliphatic heterocycles. The van der Waals surface area contributed by atoms with E-state index in [1.54, 1.807) is 30.5 Å². The third-order valence-electron chi connectivity index (χ3n) is 2.43. The molecule has 1 aromatic heterocycles. The monoisotopic (exact) mass is 321 g/mol. The molecular weight excluding hydrogens is 297 g/mol. The predicted octanol–water partition coefficient (Wildman–Crippen LogP) is 3.79. The highest BCUT2D eigenvalue weighted by molar-refractivity contribution is 5.51. The first kappa shape index (κ1) is 20.8. The first-order valence-electron chi connectivity index (χ1n) is 7.38. The number of aliphatic hydroxyl groups is 2. The minimum atomic E-state index is -0.750. The molecule has 0 fully saturated rings. The number of aliphatic hydroxyl groups excluding tert-OH is 1. The molecule has 1 heterocycles. The Kier molecular flexibility index (Phi) is 12.1. The second kappa shape index (κ2) is 13.4. The summed E-state index contributed by atoms with van der Waals surface area (Å²) < 4.78 is 19.1. The zero-order valence-electron chi connectivity index (χ0n) is 13.7. The van der Waals surface area contributed by atoms with Gasteiger partial charge in [-0.2, -0.15) is 0 Å². The van der Waals surface area contributed by atoms with Crippen LogP contribution >= 0.6 is 0 Å². The molecule has 4 nitrogen and oxygen atoms in total. The van der Waals surface area contributed by atoms with Crippen molar-refractivity contribution >= 4 is 6.08 Å². The average Bonchev–Trinajstić information content (AvgIpc) is 2.59. The van der Waals surface area contributed by atoms with Gasteiger partial charge in [0.25, 0.3) is 0 Å². The molecule has 0 amide bonds. The molecule has 23 heavy (non-hydrogen) atoms. The van der Waals surface area contributed by atoms with E-state index in [9.17, 15) is 4.39 Å². The molecule has 0 spiro atoms. The van der Waals surface area contributed by atoms with Crippen molar-refractivity contribution in [2.45, 2.75) is 27.4 Å². The van der Waals surface area contributed by atoms with Gasteiger partial charge < -0.3 is 14.9 Å². The van der Waals surface area contributed by atoms with Gasteiger partial charge in [-0.25, -0.2) is 4.39 Å². The highest BCUT2D eigenvalue weighted by Crippen LogP contribution is 2.18. The SMILES string of the molecule is C/C=C/c1ccc(OCc2ccccn2)cc1F.CC.OCO. The summed E-state index contributed by atoms with van der Waals surface area (Å²) in [6.45, 7) is 5.44. The number of hydrogen-bond donors (Lipinski definition) is 2. The number of pyridine rings is 1. The summed E-state index contributed by atoms with van der Waals surface area (Å²) in [5.41, 5.74) is 1.37. The lowest BCUT2D eigenvalue weighted by Crippen LogP contribution is -1.98. The third-order valence-corrected chi connectivity index (χ3v) is 2.43. The lowest BCUT2D eigenvalue weighted by atomic mass is 10.2. The van der Waals surface area contributed by atoms with Crippen LogP contribution in [0.25, 0.3) is 6.08 Å². The Hall–Kier alpha value is -2.24.